The summed E-state index contributed by atoms with van der Waals surface area (Å²) in [6.07, 6.45) is 4.99. The van der Waals surface area contributed by atoms with Crippen molar-refractivity contribution in [3.05, 3.63) is 65.3 Å². The number of hydroxylamine groups is 1. The first-order valence-corrected chi connectivity index (χ1v) is 9.99. The van der Waals surface area contributed by atoms with Crippen molar-refractivity contribution in [2.45, 2.75) is 19.9 Å². The number of carbonyl (C=O) groups excluding carboxylic acids is 1. The van der Waals surface area contributed by atoms with Crippen molar-refractivity contribution >= 4 is 23.3 Å². The molecule has 1 fully saturated rings. The minimum atomic E-state index is -0.144. The molecular formula is C21H21ClN6O2. The van der Waals surface area contributed by atoms with Crippen LogP contribution in [0.5, 0.6) is 0 Å². The third-order valence-corrected chi connectivity index (χ3v) is 5.08. The normalized spacial score (nSPS) is 17.0. The van der Waals surface area contributed by atoms with Gasteiger partial charge in [0.05, 0.1) is 24.8 Å². The van der Waals surface area contributed by atoms with Crippen molar-refractivity contribution in [3.8, 4) is 11.4 Å². The summed E-state index contributed by atoms with van der Waals surface area (Å²) in [5.41, 5.74) is 1.11. The number of aromatic nitrogens is 4. The molecule has 0 unspecified atom stereocenters. The van der Waals surface area contributed by atoms with Crippen LogP contribution in [0.25, 0.3) is 11.4 Å². The quantitative estimate of drug-likeness (QED) is 0.638. The van der Waals surface area contributed by atoms with E-state index in [0.717, 1.165) is 0 Å². The summed E-state index contributed by atoms with van der Waals surface area (Å²) >= 11 is 6.22. The van der Waals surface area contributed by atoms with Gasteiger partial charge in [-0.15, -0.1) is 0 Å². The first kappa shape index (κ1) is 20.2. The van der Waals surface area contributed by atoms with Crippen LogP contribution in [0.15, 0.2) is 48.9 Å². The van der Waals surface area contributed by atoms with E-state index in [1.807, 2.05) is 13.8 Å². The van der Waals surface area contributed by atoms with Gasteiger partial charge in [0.25, 0.3) is 5.91 Å². The van der Waals surface area contributed by atoms with Crippen LogP contribution in [0.2, 0.25) is 5.02 Å². The van der Waals surface area contributed by atoms with Gasteiger partial charge in [-0.25, -0.2) is 25.0 Å². The number of amides is 1. The standard InChI is InChI=1S/C21H21ClN6O2/c1-14-13-30-28(19-6-9-23-15(2)26-19)11-10-27(14)21(29)18-12-16(22)4-5-17(18)20-24-7-3-8-25-20/h3-9,12,14H,10-11,13H2,1-2H3/t14-/m1/s1. The van der Waals surface area contributed by atoms with Crippen LogP contribution >= 0.6 is 11.6 Å². The highest BCUT2D eigenvalue weighted by atomic mass is 35.5. The molecule has 0 bridgehead atoms. The zero-order valence-corrected chi connectivity index (χ0v) is 17.5. The fourth-order valence-electron chi connectivity index (χ4n) is 3.32. The summed E-state index contributed by atoms with van der Waals surface area (Å²) in [7, 11) is 0. The van der Waals surface area contributed by atoms with Crippen LogP contribution in [0.1, 0.15) is 23.1 Å². The average Bonchev–Trinajstić information content (AvgIpc) is 2.95. The first-order valence-electron chi connectivity index (χ1n) is 9.61. The van der Waals surface area contributed by atoms with E-state index in [0.29, 0.717) is 53.3 Å². The molecule has 0 N–H and O–H groups in total. The molecule has 9 heteroatoms. The number of rotatable bonds is 3. The summed E-state index contributed by atoms with van der Waals surface area (Å²) in [5, 5.41) is 2.19. The molecule has 1 amide bonds. The molecule has 8 nitrogen and oxygen atoms in total. The Morgan fingerprint density at radius 2 is 1.93 bits per heavy atom. The Morgan fingerprint density at radius 1 is 1.13 bits per heavy atom. The molecule has 30 heavy (non-hydrogen) atoms. The van der Waals surface area contributed by atoms with Gasteiger partial charge >= 0.3 is 0 Å². The van der Waals surface area contributed by atoms with Gasteiger partial charge in [-0.3, -0.25) is 9.63 Å². The molecule has 1 atom stereocenters. The van der Waals surface area contributed by atoms with Crippen LogP contribution in [0.4, 0.5) is 5.82 Å². The Kier molecular flexibility index (Phi) is 5.87. The molecule has 1 aliphatic heterocycles. The van der Waals surface area contributed by atoms with Crippen molar-refractivity contribution in [1.29, 1.82) is 0 Å². The molecule has 154 valence electrons. The second-order valence-electron chi connectivity index (χ2n) is 6.97. The van der Waals surface area contributed by atoms with Gasteiger partial charge in [0.1, 0.15) is 5.82 Å². The second kappa shape index (κ2) is 8.73. The SMILES string of the molecule is Cc1nccc(N2CCN(C(=O)c3cc(Cl)ccc3-c3ncccn3)[C@H](C)CO2)n1. The lowest BCUT2D eigenvalue weighted by Gasteiger charge is -2.26. The Hall–Kier alpha value is -3.10. The van der Waals surface area contributed by atoms with Gasteiger partial charge in [0, 0.05) is 41.8 Å². The van der Waals surface area contributed by atoms with E-state index in [9.17, 15) is 4.79 Å². The molecule has 0 radical (unpaired) electrons. The van der Waals surface area contributed by atoms with Gasteiger partial charge in [-0.2, -0.15) is 0 Å². The third-order valence-electron chi connectivity index (χ3n) is 4.84. The molecule has 3 aromatic rings. The predicted octanol–water partition coefficient (Wildman–Crippen LogP) is 3.18. The minimum absolute atomic E-state index is 0.142. The van der Waals surface area contributed by atoms with Crippen LogP contribution in [0, 0.1) is 6.92 Å². The highest BCUT2D eigenvalue weighted by Crippen LogP contribution is 2.26. The zero-order valence-electron chi connectivity index (χ0n) is 16.7. The maximum absolute atomic E-state index is 13.5. The number of aryl methyl sites for hydroxylation is 1. The van der Waals surface area contributed by atoms with Gasteiger partial charge in [-0.1, -0.05) is 11.6 Å². The van der Waals surface area contributed by atoms with E-state index in [1.165, 1.54) is 0 Å². The molecular weight excluding hydrogens is 404 g/mol. The summed E-state index contributed by atoms with van der Waals surface area (Å²) in [6.45, 7) is 5.06. The largest absolute Gasteiger partial charge is 0.332 e. The average molecular weight is 425 g/mol. The molecule has 0 spiro atoms. The maximum atomic E-state index is 13.5. The summed E-state index contributed by atoms with van der Waals surface area (Å²) in [5.74, 6) is 1.67. The number of hydrogen-bond acceptors (Lipinski definition) is 7. The van der Waals surface area contributed by atoms with Crippen molar-refractivity contribution in [2.24, 2.45) is 0 Å². The lowest BCUT2D eigenvalue weighted by molar-refractivity contribution is 0.0600. The monoisotopic (exact) mass is 424 g/mol. The van der Waals surface area contributed by atoms with E-state index >= 15 is 0 Å². The molecule has 1 aliphatic rings. The number of hydrogen-bond donors (Lipinski definition) is 0. The minimum Gasteiger partial charge on any atom is -0.332 e. The summed E-state index contributed by atoms with van der Waals surface area (Å²) in [4.78, 5) is 38.3. The molecule has 0 aliphatic carbocycles. The Morgan fingerprint density at radius 3 is 2.70 bits per heavy atom. The summed E-state index contributed by atoms with van der Waals surface area (Å²) < 4.78 is 0. The van der Waals surface area contributed by atoms with E-state index in [4.69, 9.17) is 16.4 Å². The Bertz CT molecular complexity index is 1050. The van der Waals surface area contributed by atoms with Crippen molar-refractivity contribution in [1.82, 2.24) is 24.8 Å². The topological polar surface area (TPSA) is 84.3 Å². The highest BCUT2D eigenvalue weighted by Gasteiger charge is 2.29. The third kappa shape index (κ3) is 4.24. The molecule has 0 saturated carbocycles. The summed E-state index contributed by atoms with van der Waals surface area (Å²) in [6, 6.07) is 8.56. The first-order chi connectivity index (χ1) is 14.5. The second-order valence-corrected chi connectivity index (χ2v) is 7.41. The zero-order chi connectivity index (χ0) is 21.1. The molecule has 1 saturated heterocycles. The highest BCUT2D eigenvalue weighted by molar-refractivity contribution is 6.31. The number of benzene rings is 1. The van der Waals surface area contributed by atoms with Gasteiger partial charge in [0.2, 0.25) is 0 Å². The molecule has 3 heterocycles. The van der Waals surface area contributed by atoms with Crippen LogP contribution in [0.3, 0.4) is 0 Å². The number of carbonyl (C=O) groups is 1. The molecule has 4 rings (SSSR count). The van der Waals surface area contributed by atoms with Gasteiger partial charge < -0.3 is 4.90 Å². The lowest BCUT2D eigenvalue weighted by atomic mass is 10.0. The fourth-order valence-corrected chi connectivity index (χ4v) is 3.49. The number of anilines is 1. The van der Waals surface area contributed by atoms with E-state index in [1.54, 1.807) is 58.9 Å². The van der Waals surface area contributed by atoms with Gasteiger partial charge in [0.15, 0.2) is 11.6 Å². The van der Waals surface area contributed by atoms with Crippen molar-refractivity contribution in [3.63, 3.8) is 0 Å². The van der Waals surface area contributed by atoms with Gasteiger partial charge in [-0.05, 0) is 38.1 Å². The molecule has 1 aromatic carbocycles. The molecule has 2 aromatic heterocycles. The van der Waals surface area contributed by atoms with E-state index in [-0.39, 0.29) is 11.9 Å². The van der Waals surface area contributed by atoms with Crippen LogP contribution < -0.4 is 5.06 Å². The van der Waals surface area contributed by atoms with E-state index in [2.05, 4.69) is 19.9 Å². The van der Waals surface area contributed by atoms with E-state index < -0.39 is 0 Å². The Labute approximate surface area is 179 Å². The Balaban J connectivity index is 1.61. The number of halogens is 1. The van der Waals surface area contributed by atoms with Crippen molar-refractivity contribution in [2.75, 3.05) is 24.8 Å². The smallest absolute Gasteiger partial charge is 0.255 e. The predicted molar refractivity (Wildman–Crippen MR) is 113 cm³/mol. The van der Waals surface area contributed by atoms with Crippen molar-refractivity contribution < 1.29 is 9.63 Å². The number of nitrogens with zero attached hydrogens (tertiary/aromatic N) is 6. The van der Waals surface area contributed by atoms with Crippen LogP contribution in [-0.2, 0) is 4.84 Å². The maximum Gasteiger partial charge on any atom is 0.255 e. The lowest BCUT2D eigenvalue weighted by Crippen LogP contribution is -2.41. The fraction of sp³-hybridized carbons (Fsp3) is 0.286. The van der Waals surface area contributed by atoms with Crippen LogP contribution in [-0.4, -0.2) is 56.5 Å².